The second-order valence-electron chi connectivity index (χ2n) is 2.40. The molecule has 0 radical (unpaired) electrons. The number of nitrogens with two attached hydrogens (primary N) is 1. The maximum absolute atomic E-state index is 12.8. The highest BCUT2D eigenvalue weighted by Gasteiger charge is 2.13. The summed E-state index contributed by atoms with van der Waals surface area (Å²) in [4.78, 5) is 0. The molecular formula is C6H5F3N2O2S. The van der Waals surface area contributed by atoms with Crippen molar-refractivity contribution in [1.29, 1.82) is 0 Å². The largest absolute Gasteiger partial charge is 0.296 e. The van der Waals surface area contributed by atoms with E-state index >= 15 is 0 Å². The van der Waals surface area contributed by atoms with Gasteiger partial charge in [-0.2, -0.15) is 8.42 Å². The first-order valence-electron chi connectivity index (χ1n) is 3.24. The zero-order valence-corrected chi connectivity index (χ0v) is 7.41. The minimum Gasteiger partial charge on any atom is -0.268 e. The topological polar surface area (TPSA) is 72.2 Å². The van der Waals surface area contributed by atoms with Gasteiger partial charge in [-0.15, -0.1) is 0 Å². The fourth-order valence-electron chi connectivity index (χ4n) is 0.784. The van der Waals surface area contributed by atoms with Crippen LogP contribution in [0.1, 0.15) is 0 Å². The lowest BCUT2D eigenvalue weighted by atomic mass is 10.3. The first-order valence-corrected chi connectivity index (χ1v) is 4.79. The molecule has 0 bridgehead atoms. The van der Waals surface area contributed by atoms with Crippen molar-refractivity contribution in [3.8, 4) is 0 Å². The van der Waals surface area contributed by atoms with Crippen molar-refractivity contribution >= 4 is 15.9 Å². The Morgan fingerprint density at radius 3 is 2.29 bits per heavy atom. The molecule has 0 spiro atoms. The molecule has 8 heteroatoms. The Kier molecular flexibility index (Phi) is 2.67. The number of nitrogens with one attached hydrogen (secondary N) is 1. The molecule has 0 heterocycles. The number of anilines is 1. The normalized spacial score (nSPS) is 11.4. The molecule has 0 unspecified atom stereocenters. The Morgan fingerprint density at radius 1 is 1.21 bits per heavy atom. The van der Waals surface area contributed by atoms with Crippen LogP contribution in [-0.4, -0.2) is 8.42 Å². The Bertz CT molecular complexity index is 460. The first kappa shape index (κ1) is 10.8. The summed E-state index contributed by atoms with van der Waals surface area (Å²) in [5, 5.41) is 4.49. The maximum atomic E-state index is 12.8. The highest BCUT2D eigenvalue weighted by molar-refractivity contribution is 7.90. The number of rotatable bonds is 2. The third-order valence-electron chi connectivity index (χ3n) is 1.25. The van der Waals surface area contributed by atoms with Gasteiger partial charge in [-0.1, -0.05) is 0 Å². The van der Waals surface area contributed by atoms with Crippen LogP contribution in [-0.2, 0) is 10.2 Å². The second-order valence-corrected chi connectivity index (χ2v) is 3.69. The fraction of sp³-hybridized carbons (Fsp3) is 0. The molecule has 0 fully saturated rings. The summed E-state index contributed by atoms with van der Waals surface area (Å²) in [7, 11) is -4.26. The van der Waals surface area contributed by atoms with Gasteiger partial charge < -0.3 is 0 Å². The molecule has 1 aromatic rings. The van der Waals surface area contributed by atoms with E-state index in [1.165, 1.54) is 4.72 Å². The Labute approximate surface area is 77.7 Å². The molecule has 4 nitrogen and oxygen atoms in total. The van der Waals surface area contributed by atoms with Gasteiger partial charge in [-0.3, -0.25) is 4.72 Å². The summed E-state index contributed by atoms with van der Waals surface area (Å²) in [6.45, 7) is 0. The van der Waals surface area contributed by atoms with Gasteiger partial charge in [-0.05, 0) is 0 Å². The molecule has 1 rings (SSSR count). The van der Waals surface area contributed by atoms with E-state index in [9.17, 15) is 21.6 Å². The number of halogens is 3. The van der Waals surface area contributed by atoms with Crippen LogP contribution in [0.4, 0.5) is 18.9 Å². The molecule has 0 aliphatic rings. The van der Waals surface area contributed by atoms with Crippen LogP contribution in [0.2, 0.25) is 0 Å². The molecule has 78 valence electrons. The van der Waals surface area contributed by atoms with Crippen molar-refractivity contribution in [3.05, 3.63) is 29.6 Å². The maximum Gasteiger partial charge on any atom is 0.296 e. The van der Waals surface area contributed by atoms with E-state index in [-0.39, 0.29) is 6.07 Å². The summed E-state index contributed by atoms with van der Waals surface area (Å²) >= 11 is 0. The van der Waals surface area contributed by atoms with Crippen molar-refractivity contribution in [3.63, 3.8) is 0 Å². The third-order valence-corrected chi connectivity index (χ3v) is 1.75. The van der Waals surface area contributed by atoms with Gasteiger partial charge in [0.15, 0.2) is 11.6 Å². The molecule has 0 atom stereocenters. The summed E-state index contributed by atoms with van der Waals surface area (Å²) in [5.41, 5.74) is -0.870. The molecular weight excluding hydrogens is 221 g/mol. The van der Waals surface area contributed by atoms with E-state index in [1.807, 2.05) is 0 Å². The number of benzene rings is 1. The van der Waals surface area contributed by atoms with Crippen LogP contribution >= 0.6 is 0 Å². The van der Waals surface area contributed by atoms with Gasteiger partial charge in [-0.25, -0.2) is 18.3 Å². The van der Waals surface area contributed by atoms with Crippen LogP contribution in [0.15, 0.2) is 12.1 Å². The molecule has 1 aromatic carbocycles. The van der Waals surface area contributed by atoms with Crippen molar-refractivity contribution < 1.29 is 21.6 Å². The van der Waals surface area contributed by atoms with E-state index in [4.69, 9.17) is 0 Å². The van der Waals surface area contributed by atoms with E-state index < -0.39 is 33.3 Å². The highest BCUT2D eigenvalue weighted by Crippen LogP contribution is 2.19. The van der Waals surface area contributed by atoms with Crippen molar-refractivity contribution in [2.75, 3.05) is 4.72 Å². The first-order chi connectivity index (χ1) is 6.29. The number of hydrogen-bond acceptors (Lipinski definition) is 2. The molecule has 0 saturated heterocycles. The lowest BCUT2D eigenvalue weighted by molar-refractivity contribution is 0.498. The minimum absolute atomic E-state index is 0.281. The Hall–Kier alpha value is -1.28. The summed E-state index contributed by atoms with van der Waals surface area (Å²) in [6, 6.07) is 0.756. The van der Waals surface area contributed by atoms with Crippen molar-refractivity contribution in [2.45, 2.75) is 0 Å². The fourth-order valence-corrected chi connectivity index (χ4v) is 1.24. The van der Waals surface area contributed by atoms with E-state index in [2.05, 4.69) is 5.14 Å². The van der Waals surface area contributed by atoms with Gasteiger partial charge in [0.05, 0.1) is 5.69 Å². The lowest BCUT2D eigenvalue weighted by Crippen LogP contribution is -2.22. The van der Waals surface area contributed by atoms with Crippen molar-refractivity contribution in [1.82, 2.24) is 0 Å². The quantitative estimate of drug-likeness (QED) is 0.729. The molecule has 14 heavy (non-hydrogen) atoms. The van der Waals surface area contributed by atoms with Gasteiger partial charge in [0.25, 0.3) is 10.2 Å². The average molecular weight is 226 g/mol. The average Bonchev–Trinajstić information content (AvgIpc) is 1.96. The number of hydrogen-bond donors (Lipinski definition) is 2. The monoisotopic (exact) mass is 226 g/mol. The second kappa shape index (κ2) is 3.46. The van der Waals surface area contributed by atoms with Crippen LogP contribution < -0.4 is 9.86 Å². The lowest BCUT2D eigenvalue weighted by Gasteiger charge is -2.05. The summed E-state index contributed by atoms with van der Waals surface area (Å²) < 4.78 is 60.1. The van der Waals surface area contributed by atoms with Gasteiger partial charge in [0.2, 0.25) is 0 Å². The van der Waals surface area contributed by atoms with Gasteiger partial charge in [0.1, 0.15) is 5.82 Å². The summed E-state index contributed by atoms with van der Waals surface area (Å²) in [5.74, 6) is -4.13. The predicted octanol–water partition coefficient (Wildman–Crippen LogP) is 0.719. The molecule has 0 aliphatic heterocycles. The molecule has 0 saturated carbocycles. The zero-order chi connectivity index (χ0) is 10.9. The minimum atomic E-state index is -4.26. The van der Waals surface area contributed by atoms with Crippen LogP contribution in [0.25, 0.3) is 0 Å². The van der Waals surface area contributed by atoms with E-state index in [1.54, 1.807) is 0 Å². The highest BCUT2D eigenvalue weighted by atomic mass is 32.2. The summed E-state index contributed by atoms with van der Waals surface area (Å²) in [6.07, 6.45) is 0. The Morgan fingerprint density at radius 2 is 1.79 bits per heavy atom. The SMILES string of the molecule is NS(=O)(=O)Nc1cc(F)cc(F)c1F. The standard InChI is InChI=1S/C6H5F3N2O2S/c7-3-1-4(8)6(9)5(2-3)11-14(10,12)13/h1-2,11H,(H2,10,12,13). The smallest absolute Gasteiger partial charge is 0.268 e. The van der Waals surface area contributed by atoms with Crippen molar-refractivity contribution in [2.24, 2.45) is 5.14 Å². The van der Waals surface area contributed by atoms with Gasteiger partial charge in [0, 0.05) is 12.1 Å². The third kappa shape index (κ3) is 2.60. The zero-order valence-electron chi connectivity index (χ0n) is 6.59. The Balaban J connectivity index is 3.22. The van der Waals surface area contributed by atoms with E-state index in [0.29, 0.717) is 6.07 Å². The van der Waals surface area contributed by atoms with Gasteiger partial charge >= 0.3 is 0 Å². The van der Waals surface area contributed by atoms with Crippen LogP contribution in [0.5, 0.6) is 0 Å². The van der Waals surface area contributed by atoms with E-state index in [0.717, 1.165) is 0 Å². The molecule has 0 aliphatic carbocycles. The predicted molar refractivity (Wildman–Crippen MR) is 43.0 cm³/mol. The van der Waals surface area contributed by atoms with Crippen LogP contribution in [0.3, 0.4) is 0 Å². The molecule has 3 N–H and O–H groups in total. The molecule has 0 amide bonds. The molecule has 0 aromatic heterocycles. The van der Waals surface area contributed by atoms with Crippen LogP contribution in [0, 0.1) is 17.5 Å².